The number of hydrogen-bond acceptors (Lipinski definition) is 0. The summed E-state index contributed by atoms with van der Waals surface area (Å²) < 4.78 is 2.00. The first-order valence-electron chi connectivity index (χ1n) is 6.38. The lowest BCUT2D eigenvalue weighted by atomic mass is 9.98. The van der Waals surface area contributed by atoms with Gasteiger partial charge in [-0.25, -0.2) is 4.58 Å². The molecule has 1 heteroatoms. The molecular weight excluding hydrogens is 230 g/mol. The van der Waals surface area contributed by atoms with Gasteiger partial charge in [0, 0.05) is 11.1 Å². The van der Waals surface area contributed by atoms with Crippen molar-refractivity contribution in [2.24, 2.45) is 0 Å². The number of nitrogens with zero attached hydrogens (tertiary/aromatic N) is 1. The topological polar surface area (TPSA) is 3.01 Å². The Kier molecular flexibility index (Phi) is 5.74. The maximum atomic E-state index is 4.17. The van der Waals surface area contributed by atoms with E-state index in [4.69, 9.17) is 0 Å². The van der Waals surface area contributed by atoms with E-state index in [9.17, 15) is 0 Å². The van der Waals surface area contributed by atoms with Gasteiger partial charge in [-0.2, -0.15) is 0 Å². The van der Waals surface area contributed by atoms with Gasteiger partial charge in [0.1, 0.15) is 7.05 Å². The van der Waals surface area contributed by atoms with Crippen molar-refractivity contribution in [2.75, 3.05) is 7.05 Å². The van der Waals surface area contributed by atoms with Crippen LogP contribution in [0, 0.1) is 6.92 Å². The first kappa shape index (κ1) is 14.9. The Morgan fingerprint density at radius 2 is 1.89 bits per heavy atom. The molecule has 1 nitrogen and oxygen atoms in total. The van der Waals surface area contributed by atoms with Crippen LogP contribution in [0.2, 0.25) is 0 Å². The van der Waals surface area contributed by atoms with E-state index in [1.807, 2.05) is 55.0 Å². The van der Waals surface area contributed by atoms with E-state index in [2.05, 4.69) is 32.2 Å². The van der Waals surface area contributed by atoms with Crippen molar-refractivity contribution in [1.29, 1.82) is 0 Å². The normalized spacial score (nSPS) is 12.8. The van der Waals surface area contributed by atoms with Gasteiger partial charge in [-0.3, -0.25) is 0 Å². The Morgan fingerprint density at radius 1 is 1.21 bits per heavy atom. The second-order valence-corrected chi connectivity index (χ2v) is 4.37. The quantitative estimate of drug-likeness (QED) is 0.418. The van der Waals surface area contributed by atoms with E-state index >= 15 is 0 Å². The number of hydrogen-bond donors (Lipinski definition) is 0. The highest BCUT2D eigenvalue weighted by Gasteiger charge is 2.16. The third-order valence-electron chi connectivity index (χ3n) is 2.93. The molecule has 0 aliphatic carbocycles. The largest absolute Gasteiger partial charge is 0.219 e. The lowest BCUT2D eigenvalue weighted by molar-refractivity contribution is -0.420. The molecule has 1 aromatic carbocycles. The van der Waals surface area contributed by atoms with Crippen molar-refractivity contribution in [1.82, 2.24) is 0 Å². The molecule has 0 saturated carbocycles. The van der Waals surface area contributed by atoms with Crippen LogP contribution in [-0.2, 0) is 0 Å². The molecule has 0 amide bonds. The molecular formula is C18H22N+. The summed E-state index contributed by atoms with van der Waals surface area (Å²) in [4.78, 5) is 0. The smallest absolute Gasteiger partial charge is 0.201 e. The van der Waals surface area contributed by atoms with E-state index in [1.54, 1.807) is 6.20 Å². The Balaban J connectivity index is 3.30. The summed E-state index contributed by atoms with van der Waals surface area (Å²) in [5.41, 5.74) is 4.45. The molecule has 0 aliphatic rings. The minimum atomic E-state index is 0.967. The van der Waals surface area contributed by atoms with E-state index < -0.39 is 0 Å². The molecule has 0 heterocycles. The van der Waals surface area contributed by atoms with Crippen LogP contribution in [0.15, 0.2) is 73.5 Å². The molecule has 0 atom stereocenters. The molecule has 0 saturated heterocycles. The van der Waals surface area contributed by atoms with Crippen LogP contribution in [0.25, 0.3) is 0 Å². The average molecular weight is 252 g/mol. The number of benzene rings is 1. The van der Waals surface area contributed by atoms with Crippen LogP contribution in [0.4, 0.5) is 0 Å². The maximum Gasteiger partial charge on any atom is 0.219 e. The molecule has 0 N–H and O–H groups in total. The van der Waals surface area contributed by atoms with Crippen LogP contribution in [0.5, 0.6) is 0 Å². The zero-order valence-electron chi connectivity index (χ0n) is 12.1. The zero-order valence-corrected chi connectivity index (χ0v) is 12.1. The van der Waals surface area contributed by atoms with E-state index in [0.717, 1.165) is 11.3 Å². The Bertz CT molecular complexity index is 557. The van der Waals surface area contributed by atoms with Gasteiger partial charge in [0.25, 0.3) is 0 Å². The molecule has 19 heavy (non-hydrogen) atoms. The van der Waals surface area contributed by atoms with Gasteiger partial charge in [-0.05, 0) is 38.1 Å². The molecule has 0 radical (unpaired) electrons. The standard InChI is InChI=1S/C18H22N/c1-6-8-9-13-16(4)18(19(5)7-2)17-14-11-10-12-15(17)3/h6-14H,2,4H2,1,3,5H3/q+1/b8-6-,13-9-,19-18?. The molecule has 1 aromatic rings. The predicted molar refractivity (Wildman–Crippen MR) is 84.8 cm³/mol. The Morgan fingerprint density at radius 3 is 2.47 bits per heavy atom. The summed E-state index contributed by atoms with van der Waals surface area (Å²) in [6, 6.07) is 8.31. The summed E-state index contributed by atoms with van der Waals surface area (Å²) in [6.07, 6.45) is 9.80. The molecule has 0 fully saturated rings. The summed E-state index contributed by atoms with van der Waals surface area (Å²) in [6.45, 7) is 12.1. The van der Waals surface area contributed by atoms with Gasteiger partial charge in [-0.15, -0.1) is 0 Å². The van der Waals surface area contributed by atoms with E-state index in [0.29, 0.717) is 0 Å². The summed E-state index contributed by atoms with van der Waals surface area (Å²) in [7, 11) is 1.99. The third kappa shape index (κ3) is 3.92. The van der Waals surface area contributed by atoms with E-state index in [1.165, 1.54) is 11.1 Å². The second-order valence-electron chi connectivity index (χ2n) is 4.37. The van der Waals surface area contributed by atoms with Crippen LogP contribution in [-0.4, -0.2) is 17.3 Å². The molecule has 0 aliphatic heterocycles. The first-order chi connectivity index (χ1) is 9.11. The fourth-order valence-corrected chi connectivity index (χ4v) is 1.88. The zero-order chi connectivity index (χ0) is 14.3. The van der Waals surface area contributed by atoms with Crippen molar-refractivity contribution < 1.29 is 4.58 Å². The number of aryl methyl sites for hydroxylation is 1. The van der Waals surface area contributed by atoms with E-state index in [-0.39, 0.29) is 0 Å². The van der Waals surface area contributed by atoms with Crippen molar-refractivity contribution in [3.8, 4) is 0 Å². The predicted octanol–water partition coefficient (Wildman–Crippen LogP) is 4.26. The molecule has 0 aromatic heterocycles. The van der Waals surface area contributed by atoms with Gasteiger partial charge < -0.3 is 0 Å². The minimum absolute atomic E-state index is 0.967. The molecule has 0 bridgehead atoms. The minimum Gasteiger partial charge on any atom is -0.201 e. The SMILES string of the molecule is C=C[N+](C)=C(C(=C)/C=C\C=C/C)c1ccccc1C. The average Bonchev–Trinajstić information content (AvgIpc) is 2.41. The fourth-order valence-electron chi connectivity index (χ4n) is 1.88. The highest BCUT2D eigenvalue weighted by atomic mass is 14.9. The molecule has 0 unspecified atom stereocenters. The number of allylic oxidation sites excluding steroid dienone is 5. The highest BCUT2D eigenvalue weighted by Crippen LogP contribution is 2.14. The van der Waals surface area contributed by atoms with Crippen LogP contribution >= 0.6 is 0 Å². The molecule has 98 valence electrons. The van der Waals surface area contributed by atoms with Crippen LogP contribution < -0.4 is 0 Å². The van der Waals surface area contributed by atoms with Gasteiger partial charge in [-0.1, -0.05) is 43.0 Å². The summed E-state index contributed by atoms with van der Waals surface area (Å²) in [5.74, 6) is 0. The maximum absolute atomic E-state index is 4.17. The molecule has 1 rings (SSSR count). The van der Waals surface area contributed by atoms with Crippen molar-refractivity contribution >= 4 is 5.71 Å². The lowest BCUT2D eigenvalue weighted by Crippen LogP contribution is -2.16. The highest BCUT2D eigenvalue weighted by molar-refractivity contribution is 6.11. The second kappa shape index (κ2) is 7.32. The van der Waals surface area contributed by atoms with Crippen molar-refractivity contribution in [2.45, 2.75) is 13.8 Å². The van der Waals surface area contributed by atoms with Crippen molar-refractivity contribution in [3.63, 3.8) is 0 Å². The van der Waals surface area contributed by atoms with Gasteiger partial charge >= 0.3 is 0 Å². The van der Waals surface area contributed by atoms with Gasteiger partial charge in [0.05, 0.1) is 0 Å². The Labute approximate surface area is 116 Å². The fraction of sp³-hybridized carbons (Fsp3) is 0.167. The molecule has 0 spiro atoms. The van der Waals surface area contributed by atoms with Gasteiger partial charge in [0.15, 0.2) is 6.20 Å². The van der Waals surface area contributed by atoms with Gasteiger partial charge in [0.2, 0.25) is 5.71 Å². The lowest BCUT2D eigenvalue weighted by Gasteiger charge is -2.07. The monoisotopic (exact) mass is 252 g/mol. The Hall–Kier alpha value is -2.15. The number of rotatable bonds is 5. The summed E-state index contributed by atoms with van der Waals surface area (Å²) >= 11 is 0. The summed E-state index contributed by atoms with van der Waals surface area (Å²) in [5, 5.41) is 0. The van der Waals surface area contributed by atoms with Crippen LogP contribution in [0.3, 0.4) is 0 Å². The third-order valence-corrected chi connectivity index (χ3v) is 2.93. The first-order valence-corrected chi connectivity index (χ1v) is 6.38. The van der Waals surface area contributed by atoms with Crippen LogP contribution in [0.1, 0.15) is 18.1 Å². The van der Waals surface area contributed by atoms with Crippen molar-refractivity contribution in [3.05, 3.63) is 84.6 Å².